The van der Waals surface area contributed by atoms with Gasteiger partial charge in [-0.3, -0.25) is 9.59 Å². The fourth-order valence-corrected chi connectivity index (χ4v) is 3.04. The lowest BCUT2D eigenvalue weighted by atomic mass is 10.1. The number of hydrogen-bond acceptors (Lipinski definition) is 5. The van der Waals surface area contributed by atoms with Crippen molar-refractivity contribution in [2.75, 3.05) is 12.4 Å². The Hall–Kier alpha value is -2.41. The molecule has 23 heavy (non-hydrogen) atoms. The summed E-state index contributed by atoms with van der Waals surface area (Å²) in [6, 6.07) is 7.21. The van der Waals surface area contributed by atoms with Crippen LogP contribution in [0.4, 0.5) is 5.13 Å². The normalized spacial score (nSPS) is 10.3. The van der Waals surface area contributed by atoms with Gasteiger partial charge in [0.2, 0.25) is 5.91 Å². The maximum atomic E-state index is 11.7. The van der Waals surface area contributed by atoms with E-state index in [2.05, 4.69) is 10.3 Å². The third-order valence-electron chi connectivity index (χ3n) is 3.10. The number of aliphatic carboxylic acids is 1. The van der Waals surface area contributed by atoms with Crippen molar-refractivity contribution in [3.8, 4) is 17.0 Å². The van der Waals surface area contributed by atoms with E-state index in [1.165, 1.54) is 11.3 Å². The van der Waals surface area contributed by atoms with Gasteiger partial charge in [-0.15, -0.1) is 11.3 Å². The zero-order valence-electron chi connectivity index (χ0n) is 13.0. The molecule has 122 valence electrons. The molecule has 7 heteroatoms. The molecular weight excluding hydrogens is 316 g/mol. The Labute approximate surface area is 138 Å². The number of carbonyl (C=O) groups excluding carboxylic acids is 1. The van der Waals surface area contributed by atoms with Gasteiger partial charge in [0, 0.05) is 16.9 Å². The van der Waals surface area contributed by atoms with Gasteiger partial charge in [-0.2, -0.15) is 0 Å². The van der Waals surface area contributed by atoms with Gasteiger partial charge in [0.25, 0.3) is 0 Å². The summed E-state index contributed by atoms with van der Waals surface area (Å²) in [4.78, 5) is 27.8. The average molecular weight is 334 g/mol. The molecule has 1 heterocycles. The Kier molecular flexibility index (Phi) is 5.70. The first-order chi connectivity index (χ1) is 11.0. The van der Waals surface area contributed by atoms with E-state index in [1.807, 2.05) is 19.1 Å². The number of carboxylic acids is 1. The molecule has 0 spiro atoms. The number of carboxylic acid groups (broad SMARTS) is 1. The lowest BCUT2D eigenvalue weighted by Crippen LogP contribution is -2.10. The fraction of sp³-hybridized carbons (Fsp3) is 0.312. The van der Waals surface area contributed by atoms with Crippen LogP contribution in [0.5, 0.6) is 5.75 Å². The first kappa shape index (κ1) is 17.0. The van der Waals surface area contributed by atoms with E-state index in [4.69, 9.17) is 9.84 Å². The smallest absolute Gasteiger partial charge is 0.308 e. The molecule has 1 aromatic heterocycles. The topological polar surface area (TPSA) is 88.5 Å². The van der Waals surface area contributed by atoms with Crippen LogP contribution < -0.4 is 10.1 Å². The monoisotopic (exact) mass is 334 g/mol. The van der Waals surface area contributed by atoms with Crippen molar-refractivity contribution in [2.45, 2.75) is 26.2 Å². The summed E-state index contributed by atoms with van der Waals surface area (Å²) >= 11 is 1.19. The molecule has 2 aromatic rings. The molecule has 0 aliphatic carbocycles. The molecule has 2 N–H and O–H groups in total. The molecule has 0 atom stereocenters. The Morgan fingerprint density at radius 2 is 2.00 bits per heavy atom. The number of hydrogen-bond donors (Lipinski definition) is 2. The van der Waals surface area contributed by atoms with E-state index in [9.17, 15) is 9.59 Å². The average Bonchev–Trinajstić information content (AvgIpc) is 2.89. The first-order valence-electron chi connectivity index (χ1n) is 7.19. The highest BCUT2D eigenvalue weighted by molar-refractivity contribution is 7.16. The Morgan fingerprint density at radius 3 is 2.57 bits per heavy atom. The van der Waals surface area contributed by atoms with E-state index < -0.39 is 5.97 Å². The zero-order chi connectivity index (χ0) is 16.8. The van der Waals surface area contributed by atoms with Crippen LogP contribution in [0.25, 0.3) is 11.3 Å². The van der Waals surface area contributed by atoms with Crippen molar-refractivity contribution in [3.63, 3.8) is 0 Å². The molecule has 0 aliphatic rings. The van der Waals surface area contributed by atoms with Crippen LogP contribution in [0.2, 0.25) is 0 Å². The Balaban J connectivity index is 2.32. The van der Waals surface area contributed by atoms with Gasteiger partial charge >= 0.3 is 5.97 Å². The van der Waals surface area contributed by atoms with E-state index in [1.54, 1.807) is 19.2 Å². The Morgan fingerprint density at radius 1 is 1.30 bits per heavy atom. The maximum absolute atomic E-state index is 11.7. The fourth-order valence-electron chi connectivity index (χ4n) is 2.05. The predicted molar refractivity (Wildman–Crippen MR) is 89.0 cm³/mol. The summed E-state index contributed by atoms with van der Waals surface area (Å²) in [5.41, 5.74) is 1.36. The van der Waals surface area contributed by atoms with Gasteiger partial charge in [0.05, 0.1) is 19.2 Å². The number of rotatable bonds is 7. The third kappa shape index (κ3) is 4.53. The number of thiazole rings is 1. The van der Waals surface area contributed by atoms with Gasteiger partial charge in [-0.25, -0.2) is 4.98 Å². The Bertz CT molecular complexity index is 695. The number of nitrogens with zero attached hydrogens (tertiary/aromatic N) is 1. The van der Waals surface area contributed by atoms with Gasteiger partial charge in [0.1, 0.15) is 5.75 Å². The van der Waals surface area contributed by atoms with Crippen molar-refractivity contribution in [3.05, 3.63) is 29.1 Å². The van der Waals surface area contributed by atoms with E-state index in [-0.39, 0.29) is 12.3 Å². The highest BCUT2D eigenvalue weighted by Crippen LogP contribution is 2.32. The third-order valence-corrected chi connectivity index (χ3v) is 4.07. The van der Waals surface area contributed by atoms with Crippen LogP contribution in [-0.4, -0.2) is 29.1 Å². The van der Waals surface area contributed by atoms with E-state index >= 15 is 0 Å². The summed E-state index contributed by atoms with van der Waals surface area (Å²) in [5.74, 6) is -0.348. The summed E-state index contributed by atoms with van der Waals surface area (Å²) in [7, 11) is 1.58. The number of methoxy groups -OCH3 is 1. The minimum atomic E-state index is -0.935. The van der Waals surface area contributed by atoms with Crippen LogP contribution in [0.15, 0.2) is 24.3 Å². The molecule has 0 aliphatic heterocycles. The molecular formula is C16H18N2O4S. The number of amides is 1. The van der Waals surface area contributed by atoms with Gasteiger partial charge in [-0.05, 0) is 30.7 Å². The van der Waals surface area contributed by atoms with Crippen molar-refractivity contribution in [1.82, 2.24) is 4.98 Å². The number of nitrogens with one attached hydrogen (secondary N) is 1. The second kappa shape index (κ2) is 7.73. The van der Waals surface area contributed by atoms with E-state index in [0.29, 0.717) is 27.9 Å². The minimum Gasteiger partial charge on any atom is -0.497 e. The van der Waals surface area contributed by atoms with E-state index in [0.717, 1.165) is 12.0 Å². The molecule has 0 bridgehead atoms. The lowest BCUT2D eigenvalue weighted by Gasteiger charge is -2.03. The lowest BCUT2D eigenvalue weighted by molar-refractivity contribution is -0.136. The van der Waals surface area contributed by atoms with Crippen molar-refractivity contribution >= 4 is 28.3 Å². The molecule has 0 unspecified atom stereocenters. The van der Waals surface area contributed by atoms with Crippen molar-refractivity contribution < 1.29 is 19.4 Å². The van der Waals surface area contributed by atoms with Crippen molar-refractivity contribution in [1.29, 1.82) is 0 Å². The molecule has 6 nitrogen and oxygen atoms in total. The second-order valence-electron chi connectivity index (χ2n) is 4.89. The number of aromatic nitrogens is 1. The molecule has 1 aromatic carbocycles. The molecule has 0 saturated carbocycles. The molecule has 0 saturated heterocycles. The molecule has 1 amide bonds. The molecule has 0 radical (unpaired) electrons. The highest BCUT2D eigenvalue weighted by atomic mass is 32.1. The van der Waals surface area contributed by atoms with Crippen LogP contribution in [0.1, 0.15) is 24.6 Å². The predicted octanol–water partition coefficient (Wildman–Crippen LogP) is 3.18. The zero-order valence-corrected chi connectivity index (χ0v) is 13.8. The second-order valence-corrected chi connectivity index (χ2v) is 5.97. The van der Waals surface area contributed by atoms with Crippen LogP contribution in [0, 0.1) is 0 Å². The number of anilines is 1. The highest BCUT2D eigenvalue weighted by Gasteiger charge is 2.17. The number of ether oxygens (including phenoxy) is 1. The minimum absolute atomic E-state index is 0.121. The summed E-state index contributed by atoms with van der Waals surface area (Å²) < 4.78 is 5.12. The van der Waals surface area contributed by atoms with Crippen LogP contribution in [-0.2, 0) is 16.0 Å². The molecule has 0 fully saturated rings. The summed E-state index contributed by atoms with van der Waals surface area (Å²) in [6.07, 6.45) is 1.01. The van der Waals surface area contributed by atoms with Gasteiger partial charge in [0.15, 0.2) is 5.13 Å². The summed E-state index contributed by atoms with van der Waals surface area (Å²) in [6.45, 7) is 1.92. The quantitative estimate of drug-likeness (QED) is 0.812. The number of carbonyl (C=O) groups is 2. The van der Waals surface area contributed by atoms with Crippen LogP contribution >= 0.6 is 11.3 Å². The largest absolute Gasteiger partial charge is 0.497 e. The summed E-state index contributed by atoms with van der Waals surface area (Å²) in [5, 5.41) is 12.2. The molecule has 2 rings (SSSR count). The maximum Gasteiger partial charge on any atom is 0.308 e. The van der Waals surface area contributed by atoms with Crippen molar-refractivity contribution in [2.24, 2.45) is 0 Å². The van der Waals surface area contributed by atoms with Gasteiger partial charge < -0.3 is 15.2 Å². The number of benzene rings is 1. The standard InChI is InChI=1S/C16H18N2O4S/c1-3-4-13(19)17-16-18-15(12(23-16)9-14(20)21)10-5-7-11(22-2)8-6-10/h5-8H,3-4,9H2,1-2H3,(H,20,21)(H,17,18,19). The van der Waals surface area contributed by atoms with Crippen LogP contribution in [0.3, 0.4) is 0 Å². The first-order valence-corrected chi connectivity index (χ1v) is 8.01. The van der Waals surface area contributed by atoms with Gasteiger partial charge in [-0.1, -0.05) is 6.92 Å². The SMILES string of the molecule is CCCC(=O)Nc1nc(-c2ccc(OC)cc2)c(CC(=O)O)s1.